The Morgan fingerprint density at radius 1 is 0.958 bits per heavy atom. The third-order valence-electron chi connectivity index (χ3n) is 3.25. The third-order valence-corrected chi connectivity index (χ3v) is 3.25. The van der Waals surface area contributed by atoms with E-state index < -0.39 is 0 Å². The van der Waals surface area contributed by atoms with Crippen molar-refractivity contribution in [3.63, 3.8) is 0 Å². The van der Waals surface area contributed by atoms with Gasteiger partial charge in [0.25, 0.3) is 0 Å². The lowest BCUT2D eigenvalue weighted by Crippen LogP contribution is -2.21. The average Bonchev–Trinajstić information content (AvgIpc) is 2.60. The lowest BCUT2D eigenvalue weighted by Gasteiger charge is -2.15. The fourth-order valence-electron chi connectivity index (χ4n) is 2.10. The maximum atomic E-state index is 12.8. The van der Waals surface area contributed by atoms with Crippen molar-refractivity contribution in [1.82, 2.24) is 0 Å². The Morgan fingerprint density at radius 3 is 2.04 bits per heavy atom. The molecule has 0 saturated heterocycles. The highest BCUT2D eigenvalue weighted by molar-refractivity contribution is 5.93. The number of benzene rings is 2. The molecular formula is C17H19FN2O4. The van der Waals surface area contributed by atoms with E-state index in [1.54, 1.807) is 12.1 Å². The van der Waals surface area contributed by atoms with Gasteiger partial charge in [-0.15, -0.1) is 0 Å². The number of anilines is 2. The summed E-state index contributed by atoms with van der Waals surface area (Å²) in [5.74, 6) is 0.816. The molecule has 1 amide bonds. The molecule has 2 rings (SSSR count). The lowest BCUT2D eigenvalue weighted by atomic mass is 10.2. The van der Waals surface area contributed by atoms with Crippen molar-refractivity contribution in [1.29, 1.82) is 0 Å². The van der Waals surface area contributed by atoms with Crippen molar-refractivity contribution in [2.75, 3.05) is 38.5 Å². The first-order valence-electron chi connectivity index (χ1n) is 7.16. The lowest BCUT2D eigenvalue weighted by molar-refractivity contribution is -0.114. The summed E-state index contributed by atoms with van der Waals surface area (Å²) in [7, 11) is 4.55. The van der Waals surface area contributed by atoms with Gasteiger partial charge >= 0.3 is 0 Å². The maximum Gasteiger partial charge on any atom is 0.243 e. The van der Waals surface area contributed by atoms with E-state index in [0.717, 1.165) is 0 Å². The summed E-state index contributed by atoms with van der Waals surface area (Å²) in [6, 6.07) is 8.95. The van der Waals surface area contributed by atoms with E-state index in [9.17, 15) is 9.18 Å². The molecule has 0 atom stereocenters. The number of methoxy groups -OCH3 is 3. The summed E-state index contributed by atoms with van der Waals surface area (Å²) in [4.78, 5) is 11.9. The summed E-state index contributed by atoms with van der Waals surface area (Å²) in [5, 5.41) is 5.64. The molecular weight excluding hydrogens is 315 g/mol. The van der Waals surface area contributed by atoms with Crippen LogP contribution in [0.15, 0.2) is 36.4 Å². The van der Waals surface area contributed by atoms with Crippen LogP contribution >= 0.6 is 0 Å². The van der Waals surface area contributed by atoms with Crippen LogP contribution < -0.4 is 24.8 Å². The molecule has 0 fully saturated rings. The van der Waals surface area contributed by atoms with E-state index in [-0.39, 0.29) is 18.3 Å². The first-order chi connectivity index (χ1) is 11.6. The molecule has 0 radical (unpaired) electrons. The number of hydrogen-bond donors (Lipinski definition) is 2. The Balaban J connectivity index is 2.03. The fourth-order valence-corrected chi connectivity index (χ4v) is 2.10. The molecule has 128 valence electrons. The van der Waals surface area contributed by atoms with Gasteiger partial charge < -0.3 is 24.8 Å². The second kappa shape index (κ2) is 8.05. The largest absolute Gasteiger partial charge is 0.493 e. The number of carbonyl (C=O) groups excluding carboxylic acids is 1. The topological polar surface area (TPSA) is 68.8 Å². The zero-order valence-electron chi connectivity index (χ0n) is 13.7. The Bertz CT molecular complexity index is 679. The van der Waals surface area contributed by atoms with Gasteiger partial charge in [-0.3, -0.25) is 4.79 Å². The number of amides is 1. The van der Waals surface area contributed by atoms with E-state index in [1.165, 1.54) is 45.6 Å². The minimum Gasteiger partial charge on any atom is -0.493 e. The van der Waals surface area contributed by atoms with Gasteiger partial charge in [-0.05, 0) is 24.3 Å². The molecule has 0 heterocycles. The fraction of sp³-hybridized carbons (Fsp3) is 0.235. The number of rotatable bonds is 7. The van der Waals surface area contributed by atoms with E-state index in [4.69, 9.17) is 14.2 Å². The molecule has 0 aliphatic carbocycles. The molecule has 24 heavy (non-hydrogen) atoms. The van der Waals surface area contributed by atoms with Crippen LogP contribution in [0, 0.1) is 5.82 Å². The highest BCUT2D eigenvalue weighted by Gasteiger charge is 2.13. The number of carbonyl (C=O) groups is 1. The van der Waals surface area contributed by atoms with Gasteiger partial charge in [-0.25, -0.2) is 4.39 Å². The van der Waals surface area contributed by atoms with Crippen molar-refractivity contribution in [2.24, 2.45) is 0 Å². The summed E-state index contributed by atoms with van der Waals surface area (Å²) in [5.41, 5.74) is 1.16. The van der Waals surface area contributed by atoms with Crippen molar-refractivity contribution in [3.05, 3.63) is 42.2 Å². The zero-order valence-corrected chi connectivity index (χ0v) is 13.7. The highest BCUT2D eigenvalue weighted by Crippen LogP contribution is 2.39. The first kappa shape index (κ1) is 17.4. The molecule has 2 N–H and O–H groups in total. The minimum atomic E-state index is -0.358. The molecule has 0 aliphatic heterocycles. The Morgan fingerprint density at radius 2 is 1.54 bits per heavy atom. The molecule has 2 aromatic carbocycles. The van der Waals surface area contributed by atoms with E-state index in [2.05, 4.69) is 10.6 Å². The molecule has 7 heteroatoms. The molecule has 0 aliphatic rings. The minimum absolute atomic E-state index is 0.0238. The van der Waals surface area contributed by atoms with Crippen LogP contribution in [0.5, 0.6) is 17.2 Å². The second-order valence-corrected chi connectivity index (χ2v) is 4.82. The summed E-state index contributed by atoms with van der Waals surface area (Å²) >= 11 is 0. The molecule has 0 unspecified atom stereocenters. The summed E-state index contributed by atoms with van der Waals surface area (Å²) in [6.45, 7) is 0.0238. The van der Waals surface area contributed by atoms with Crippen LogP contribution in [0.25, 0.3) is 0 Å². The van der Waals surface area contributed by atoms with Crippen LogP contribution in [-0.2, 0) is 4.79 Å². The SMILES string of the molecule is COc1cc(NCC(=O)Nc2ccc(F)cc2)cc(OC)c1OC. The molecule has 0 bridgehead atoms. The Hall–Kier alpha value is -2.96. The van der Waals surface area contributed by atoms with Gasteiger partial charge in [0, 0.05) is 23.5 Å². The normalized spacial score (nSPS) is 10.0. The third kappa shape index (κ3) is 4.28. The maximum absolute atomic E-state index is 12.8. The van der Waals surface area contributed by atoms with Crippen molar-refractivity contribution in [2.45, 2.75) is 0 Å². The first-order valence-corrected chi connectivity index (χ1v) is 7.16. The van der Waals surface area contributed by atoms with E-state index >= 15 is 0 Å². The molecule has 0 aromatic heterocycles. The average molecular weight is 334 g/mol. The Labute approximate surface area is 139 Å². The van der Waals surface area contributed by atoms with Crippen molar-refractivity contribution >= 4 is 17.3 Å². The van der Waals surface area contributed by atoms with Gasteiger partial charge in [-0.2, -0.15) is 0 Å². The van der Waals surface area contributed by atoms with Crippen LogP contribution in [0.4, 0.5) is 15.8 Å². The highest BCUT2D eigenvalue weighted by atomic mass is 19.1. The number of halogens is 1. The molecule has 0 saturated carbocycles. The van der Waals surface area contributed by atoms with Gasteiger partial charge in [-0.1, -0.05) is 0 Å². The van der Waals surface area contributed by atoms with Gasteiger partial charge in [0.1, 0.15) is 5.82 Å². The number of ether oxygens (including phenoxy) is 3. The monoisotopic (exact) mass is 334 g/mol. The second-order valence-electron chi connectivity index (χ2n) is 4.82. The van der Waals surface area contributed by atoms with Crippen LogP contribution in [0.3, 0.4) is 0 Å². The quantitative estimate of drug-likeness (QED) is 0.815. The molecule has 6 nitrogen and oxygen atoms in total. The van der Waals surface area contributed by atoms with Crippen molar-refractivity contribution in [3.8, 4) is 17.2 Å². The van der Waals surface area contributed by atoms with Crippen LogP contribution in [0.1, 0.15) is 0 Å². The van der Waals surface area contributed by atoms with Gasteiger partial charge in [0.05, 0.1) is 27.9 Å². The number of hydrogen-bond acceptors (Lipinski definition) is 5. The zero-order chi connectivity index (χ0) is 17.5. The van der Waals surface area contributed by atoms with Crippen LogP contribution in [0.2, 0.25) is 0 Å². The standard InChI is InChI=1S/C17H19FN2O4/c1-22-14-8-13(9-15(23-2)17(14)24-3)19-10-16(21)20-12-6-4-11(18)5-7-12/h4-9,19H,10H2,1-3H3,(H,20,21). The van der Waals surface area contributed by atoms with Gasteiger partial charge in [0.2, 0.25) is 11.7 Å². The predicted molar refractivity (Wildman–Crippen MR) is 89.6 cm³/mol. The predicted octanol–water partition coefficient (Wildman–Crippen LogP) is 2.90. The van der Waals surface area contributed by atoms with E-state index in [0.29, 0.717) is 28.6 Å². The van der Waals surface area contributed by atoms with E-state index in [1.807, 2.05) is 0 Å². The summed E-state index contributed by atoms with van der Waals surface area (Å²) < 4.78 is 28.6. The van der Waals surface area contributed by atoms with Gasteiger partial charge in [0.15, 0.2) is 11.5 Å². The molecule has 2 aromatic rings. The Kier molecular flexibility index (Phi) is 5.83. The van der Waals surface area contributed by atoms with Crippen molar-refractivity contribution < 1.29 is 23.4 Å². The molecule has 0 spiro atoms. The van der Waals surface area contributed by atoms with Crippen LogP contribution in [-0.4, -0.2) is 33.8 Å². The smallest absolute Gasteiger partial charge is 0.243 e. The number of nitrogens with one attached hydrogen (secondary N) is 2. The summed E-state index contributed by atoms with van der Waals surface area (Å²) in [6.07, 6.45) is 0.